The van der Waals surface area contributed by atoms with Gasteiger partial charge in [0.05, 0.1) is 0 Å². The smallest absolute Gasteiger partial charge is 0.226 e. The number of halogens is 1. The van der Waals surface area contributed by atoms with Crippen molar-refractivity contribution in [2.45, 2.75) is 32.1 Å². The van der Waals surface area contributed by atoms with Crippen molar-refractivity contribution in [3.63, 3.8) is 0 Å². The molecule has 1 heterocycles. The number of nitrogens with zero attached hydrogens (tertiary/aromatic N) is 1. The largest absolute Gasteiger partial charge is 0.342 e. The number of benzene rings is 1. The zero-order valence-electron chi connectivity index (χ0n) is 13.5. The molecule has 2 fully saturated rings. The molecule has 122 valence electrons. The van der Waals surface area contributed by atoms with Gasteiger partial charge >= 0.3 is 0 Å². The summed E-state index contributed by atoms with van der Waals surface area (Å²) in [5.41, 5.74) is 2.70. The molecule has 0 bridgehead atoms. The van der Waals surface area contributed by atoms with Crippen LogP contribution in [0, 0.1) is 18.8 Å². The summed E-state index contributed by atoms with van der Waals surface area (Å²) in [4.78, 5) is 14.7. The van der Waals surface area contributed by atoms with Gasteiger partial charge in [-0.1, -0.05) is 24.3 Å². The quantitative estimate of drug-likeness (QED) is 0.924. The Hall–Kier alpha value is -1.06. The number of carbonyl (C=O) groups excluding carboxylic acids is 1. The van der Waals surface area contributed by atoms with E-state index in [9.17, 15) is 4.79 Å². The molecule has 1 aliphatic heterocycles. The highest BCUT2D eigenvalue weighted by atomic mass is 35.5. The van der Waals surface area contributed by atoms with E-state index >= 15 is 0 Å². The molecular formula is C18H27ClN2O. The summed E-state index contributed by atoms with van der Waals surface area (Å²) in [5.74, 6) is 1.84. The lowest BCUT2D eigenvalue weighted by atomic mass is 9.96. The van der Waals surface area contributed by atoms with Crippen LogP contribution in [0.5, 0.6) is 0 Å². The Kier molecular flexibility index (Phi) is 5.87. The van der Waals surface area contributed by atoms with Gasteiger partial charge in [0.25, 0.3) is 0 Å². The first-order chi connectivity index (χ1) is 10.2. The number of likely N-dealkylation sites (tertiary alicyclic amines) is 1. The first kappa shape index (κ1) is 17.3. The Balaban J connectivity index is 0.00000176. The van der Waals surface area contributed by atoms with E-state index in [-0.39, 0.29) is 18.3 Å². The Morgan fingerprint density at radius 2 is 1.95 bits per heavy atom. The van der Waals surface area contributed by atoms with Gasteiger partial charge in [0.15, 0.2) is 0 Å². The minimum atomic E-state index is 0. The third kappa shape index (κ3) is 3.64. The van der Waals surface area contributed by atoms with Crippen LogP contribution < -0.4 is 5.32 Å². The molecule has 4 heteroatoms. The molecule has 1 aromatic carbocycles. The van der Waals surface area contributed by atoms with Gasteiger partial charge in [0.1, 0.15) is 0 Å². The number of carbonyl (C=O) groups is 1. The maximum Gasteiger partial charge on any atom is 0.226 e. The molecule has 0 spiro atoms. The molecule has 3 rings (SSSR count). The van der Waals surface area contributed by atoms with E-state index in [0.717, 1.165) is 44.8 Å². The van der Waals surface area contributed by atoms with E-state index in [0.29, 0.717) is 11.8 Å². The number of nitrogens with one attached hydrogen (secondary N) is 1. The van der Waals surface area contributed by atoms with Crippen LogP contribution in [0.1, 0.15) is 36.3 Å². The zero-order valence-corrected chi connectivity index (χ0v) is 14.4. The fourth-order valence-corrected chi connectivity index (χ4v) is 3.70. The number of aryl methyl sites for hydroxylation is 1. The van der Waals surface area contributed by atoms with Gasteiger partial charge in [-0.2, -0.15) is 0 Å². The number of amides is 1. The number of rotatable bonds is 4. The summed E-state index contributed by atoms with van der Waals surface area (Å²) in [7, 11) is 2.01. The van der Waals surface area contributed by atoms with Crippen molar-refractivity contribution in [2.75, 3.05) is 26.7 Å². The van der Waals surface area contributed by atoms with E-state index in [1.165, 1.54) is 11.1 Å². The Labute approximate surface area is 139 Å². The average Bonchev–Trinajstić information content (AvgIpc) is 3.28. The molecule has 2 unspecified atom stereocenters. The highest BCUT2D eigenvalue weighted by Crippen LogP contribution is 2.49. The number of hydrogen-bond acceptors (Lipinski definition) is 2. The van der Waals surface area contributed by atoms with Gasteiger partial charge in [-0.05, 0) is 62.7 Å². The molecule has 1 aromatic rings. The van der Waals surface area contributed by atoms with Crippen LogP contribution in [0.25, 0.3) is 0 Å². The molecule has 1 saturated heterocycles. The molecule has 1 N–H and O–H groups in total. The van der Waals surface area contributed by atoms with Gasteiger partial charge in [0.2, 0.25) is 5.91 Å². The van der Waals surface area contributed by atoms with Crippen molar-refractivity contribution in [1.82, 2.24) is 10.2 Å². The van der Waals surface area contributed by atoms with Crippen LogP contribution in [-0.2, 0) is 4.79 Å². The van der Waals surface area contributed by atoms with Gasteiger partial charge in [-0.15, -0.1) is 12.4 Å². The lowest BCUT2D eigenvalue weighted by Gasteiger charge is -2.32. The molecule has 1 aliphatic carbocycles. The topological polar surface area (TPSA) is 32.3 Å². The molecule has 2 atom stereocenters. The second kappa shape index (κ2) is 7.47. The van der Waals surface area contributed by atoms with Crippen molar-refractivity contribution in [2.24, 2.45) is 11.8 Å². The molecule has 0 radical (unpaired) electrons. The number of hydrogen-bond donors (Lipinski definition) is 1. The monoisotopic (exact) mass is 322 g/mol. The van der Waals surface area contributed by atoms with Crippen LogP contribution in [-0.4, -0.2) is 37.5 Å². The first-order valence-corrected chi connectivity index (χ1v) is 8.19. The van der Waals surface area contributed by atoms with Crippen LogP contribution >= 0.6 is 12.4 Å². The van der Waals surface area contributed by atoms with E-state index in [1.54, 1.807) is 0 Å². The molecule has 3 nitrogen and oxygen atoms in total. The predicted molar refractivity (Wildman–Crippen MR) is 92.5 cm³/mol. The molecule has 1 saturated carbocycles. The van der Waals surface area contributed by atoms with E-state index in [1.807, 2.05) is 7.05 Å². The lowest BCUT2D eigenvalue weighted by molar-refractivity contribution is -0.134. The Morgan fingerprint density at radius 1 is 1.27 bits per heavy atom. The minimum Gasteiger partial charge on any atom is -0.342 e. The minimum absolute atomic E-state index is 0. The molecular weight excluding hydrogens is 296 g/mol. The average molecular weight is 323 g/mol. The summed E-state index contributed by atoms with van der Waals surface area (Å²) >= 11 is 0. The van der Waals surface area contributed by atoms with E-state index in [4.69, 9.17) is 0 Å². The Bertz CT molecular complexity index is 512. The highest BCUT2D eigenvalue weighted by Gasteiger charge is 2.46. The van der Waals surface area contributed by atoms with Crippen molar-refractivity contribution < 1.29 is 4.79 Å². The van der Waals surface area contributed by atoms with Crippen LogP contribution in [0.15, 0.2) is 24.3 Å². The normalized spacial score (nSPS) is 24.7. The van der Waals surface area contributed by atoms with E-state index < -0.39 is 0 Å². The van der Waals surface area contributed by atoms with Gasteiger partial charge in [0, 0.05) is 19.0 Å². The second-order valence-corrected chi connectivity index (χ2v) is 6.63. The summed E-state index contributed by atoms with van der Waals surface area (Å²) < 4.78 is 0. The van der Waals surface area contributed by atoms with Gasteiger partial charge in [-0.25, -0.2) is 0 Å². The highest BCUT2D eigenvalue weighted by molar-refractivity contribution is 5.85. The van der Waals surface area contributed by atoms with Crippen LogP contribution in [0.2, 0.25) is 0 Å². The maximum atomic E-state index is 12.6. The van der Waals surface area contributed by atoms with Gasteiger partial charge < -0.3 is 10.2 Å². The standard InChI is InChI=1S/C18H26N2O.ClH/c1-13-5-3-4-6-15(13)16-11-17(16)18(21)20-9-7-14(8-10-20)12-19-2;/h3-6,14,16-17,19H,7-12H2,1-2H3;1H. The fourth-order valence-electron chi connectivity index (χ4n) is 3.70. The fraction of sp³-hybridized carbons (Fsp3) is 0.611. The van der Waals surface area contributed by atoms with Crippen molar-refractivity contribution in [3.05, 3.63) is 35.4 Å². The summed E-state index contributed by atoms with van der Waals surface area (Å²) in [6, 6.07) is 8.50. The van der Waals surface area contributed by atoms with Crippen LogP contribution in [0.4, 0.5) is 0 Å². The van der Waals surface area contributed by atoms with Crippen LogP contribution in [0.3, 0.4) is 0 Å². The summed E-state index contributed by atoms with van der Waals surface area (Å²) in [5, 5.41) is 3.25. The van der Waals surface area contributed by atoms with Crippen molar-refractivity contribution >= 4 is 18.3 Å². The lowest BCUT2D eigenvalue weighted by Crippen LogP contribution is -2.41. The van der Waals surface area contributed by atoms with Crippen molar-refractivity contribution in [1.29, 1.82) is 0 Å². The van der Waals surface area contributed by atoms with Crippen molar-refractivity contribution in [3.8, 4) is 0 Å². The molecule has 0 aromatic heterocycles. The third-order valence-electron chi connectivity index (χ3n) is 5.11. The number of piperidine rings is 1. The summed E-state index contributed by atoms with van der Waals surface area (Å²) in [6.45, 7) is 5.13. The molecule has 2 aliphatic rings. The molecule has 1 amide bonds. The predicted octanol–water partition coefficient (Wildman–Crippen LogP) is 2.98. The third-order valence-corrected chi connectivity index (χ3v) is 5.11. The van der Waals surface area contributed by atoms with Gasteiger partial charge in [-0.3, -0.25) is 4.79 Å². The maximum absolute atomic E-state index is 12.6. The molecule has 22 heavy (non-hydrogen) atoms. The first-order valence-electron chi connectivity index (χ1n) is 8.19. The Morgan fingerprint density at radius 3 is 2.59 bits per heavy atom. The second-order valence-electron chi connectivity index (χ2n) is 6.63. The van der Waals surface area contributed by atoms with E-state index in [2.05, 4.69) is 41.4 Å². The SMILES string of the molecule is CNCC1CCN(C(=O)C2CC2c2ccccc2C)CC1.Cl. The zero-order chi connectivity index (χ0) is 14.8. The summed E-state index contributed by atoms with van der Waals surface area (Å²) in [6.07, 6.45) is 3.34.